The first-order valence-corrected chi connectivity index (χ1v) is 9.07. The lowest BCUT2D eigenvalue weighted by Crippen LogP contribution is -2.30. The van der Waals surface area contributed by atoms with E-state index in [1.807, 2.05) is 40.7 Å². The second kappa shape index (κ2) is 9.54. The second-order valence-corrected chi connectivity index (χ2v) is 7.72. The number of rotatable bonds is 4. The first kappa shape index (κ1) is 21.1. The van der Waals surface area contributed by atoms with Gasteiger partial charge in [0.2, 0.25) is 0 Å². The number of nitrogens with two attached hydrogens (primary N) is 1. The zero-order chi connectivity index (χ0) is 19.0. The molecule has 25 heavy (non-hydrogen) atoms. The molecular formula is C20H34N2O3. The number of aryl methyl sites for hydroxylation is 1. The fourth-order valence-electron chi connectivity index (χ4n) is 2.68. The van der Waals surface area contributed by atoms with Crippen molar-refractivity contribution >= 4 is 17.8 Å². The number of carbonyl (C=O) groups is 1. The number of nitrogens with zero attached hydrogens (tertiary/aromatic N) is 1. The van der Waals surface area contributed by atoms with Gasteiger partial charge >= 0.3 is 0 Å². The third-order valence-corrected chi connectivity index (χ3v) is 3.79. The average molecular weight is 351 g/mol. The number of piperidine rings is 1. The average Bonchev–Trinajstić information content (AvgIpc) is 2.50. The van der Waals surface area contributed by atoms with Crippen molar-refractivity contribution in [2.75, 3.05) is 23.7 Å². The summed E-state index contributed by atoms with van der Waals surface area (Å²) in [5.74, 6) is 0.816. The minimum Gasteiger partial charge on any atom is -0.489 e. The van der Waals surface area contributed by atoms with Crippen molar-refractivity contribution in [3.63, 3.8) is 0 Å². The topological polar surface area (TPSA) is 64.8 Å². The summed E-state index contributed by atoms with van der Waals surface area (Å²) in [7, 11) is 0. The van der Waals surface area contributed by atoms with Gasteiger partial charge in [-0.15, -0.1) is 0 Å². The molecule has 5 nitrogen and oxygen atoms in total. The Morgan fingerprint density at radius 3 is 2.20 bits per heavy atom. The molecule has 0 atom stereocenters. The second-order valence-electron chi connectivity index (χ2n) is 7.72. The Morgan fingerprint density at radius 2 is 1.76 bits per heavy atom. The van der Waals surface area contributed by atoms with Crippen molar-refractivity contribution in [1.82, 2.24) is 0 Å². The molecule has 0 amide bonds. The Bertz CT molecular complexity index is 545. The van der Waals surface area contributed by atoms with Gasteiger partial charge in [0.15, 0.2) is 0 Å². The Morgan fingerprint density at radius 1 is 1.16 bits per heavy atom. The van der Waals surface area contributed by atoms with Crippen LogP contribution in [0.2, 0.25) is 0 Å². The number of nitrogen functional groups attached to an aromatic ring is 1. The van der Waals surface area contributed by atoms with E-state index in [0.717, 1.165) is 24.5 Å². The predicted molar refractivity (Wildman–Crippen MR) is 104 cm³/mol. The Balaban J connectivity index is 0.000000381. The Labute approximate surface area is 152 Å². The van der Waals surface area contributed by atoms with Gasteiger partial charge in [0, 0.05) is 24.8 Å². The number of anilines is 2. The number of ether oxygens (including phenoxy) is 2. The van der Waals surface area contributed by atoms with E-state index in [1.165, 1.54) is 30.5 Å². The fraction of sp³-hybridized carbons (Fsp3) is 0.650. The molecule has 1 saturated heterocycles. The van der Waals surface area contributed by atoms with E-state index in [0.29, 0.717) is 6.47 Å². The summed E-state index contributed by atoms with van der Waals surface area (Å²) in [6.45, 7) is 14.4. The van der Waals surface area contributed by atoms with Crippen molar-refractivity contribution in [2.24, 2.45) is 0 Å². The highest BCUT2D eigenvalue weighted by Crippen LogP contribution is 2.33. The third kappa shape index (κ3) is 7.67. The molecule has 1 aliphatic heterocycles. The van der Waals surface area contributed by atoms with Crippen LogP contribution in [0.25, 0.3) is 0 Å². The van der Waals surface area contributed by atoms with Crippen molar-refractivity contribution in [1.29, 1.82) is 0 Å². The van der Waals surface area contributed by atoms with Crippen LogP contribution in [-0.4, -0.2) is 31.3 Å². The van der Waals surface area contributed by atoms with Gasteiger partial charge < -0.3 is 20.1 Å². The van der Waals surface area contributed by atoms with E-state index in [1.54, 1.807) is 0 Å². The molecule has 1 aromatic rings. The lowest BCUT2D eigenvalue weighted by atomic mass is 10.1. The van der Waals surface area contributed by atoms with Crippen molar-refractivity contribution in [3.05, 3.63) is 17.7 Å². The molecule has 1 heterocycles. The summed E-state index contributed by atoms with van der Waals surface area (Å²) < 4.78 is 10.3. The monoisotopic (exact) mass is 350 g/mol. The SMILES string of the molecule is CC(C)(C)OC=O.Cc1cc(N)c(OC(C)C)cc1N1CCCCC1. The molecule has 0 radical (unpaired) electrons. The molecule has 0 aliphatic carbocycles. The molecule has 1 aromatic carbocycles. The maximum atomic E-state index is 9.60. The van der Waals surface area contributed by atoms with Crippen molar-refractivity contribution in [3.8, 4) is 5.75 Å². The van der Waals surface area contributed by atoms with Crippen LogP contribution in [0.5, 0.6) is 5.75 Å². The van der Waals surface area contributed by atoms with Crippen LogP contribution >= 0.6 is 0 Å². The quantitative estimate of drug-likeness (QED) is 0.647. The smallest absolute Gasteiger partial charge is 0.293 e. The van der Waals surface area contributed by atoms with Gasteiger partial charge in [-0.05, 0) is 72.4 Å². The highest BCUT2D eigenvalue weighted by molar-refractivity contribution is 5.66. The van der Waals surface area contributed by atoms with Gasteiger partial charge in [0.05, 0.1) is 11.8 Å². The third-order valence-electron chi connectivity index (χ3n) is 3.79. The van der Waals surface area contributed by atoms with E-state index in [-0.39, 0.29) is 11.7 Å². The van der Waals surface area contributed by atoms with Crippen molar-refractivity contribution in [2.45, 2.75) is 72.5 Å². The molecule has 1 aliphatic rings. The van der Waals surface area contributed by atoms with Crippen LogP contribution < -0.4 is 15.4 Å². The summed E-state index contributed by atoms with van der Waals surface area (Å²) in [5, 5.41) is 0. The minimum atomic E-state index is -0.318. The fourth-order valence-corrected chi connectivity index (χ4v) is 2.68. The summed E-state index contributed by atoms with van der Waals surface area (Å²) in [4.78, 5) is 12.0. The van der Waals surface area contributed by atoms with Crippen LogP contribution in [0, 0.1) is 6.92 Å². The lowest BCUT2D eigenvalue weighted by Gasteiger charge is -2.31. The first-order valence-electron chi connectivity index (χ1n) is 9.07. The van der Waals surface area contributed by atoms with Gasteiger partial charge in [0.1, 0.15) is 11.4 Å². The highest BCUT2D eigenvalue weighted by atomic mass is 16.5. The summed E-state index contributed by atoms with van der Waals surface area (Å²) in [6, 6.07) is 4.14. The van der Waals surface area contributed by atoms with Crippen LogP contribution in [0.15, 0.2) is 12.1 Å². The van der Waals surface area contributed by atoms with E-state index in [4.69, 9.17) is 10.5 Å². The van der Waals surface area contributed by atoms with Gasteiger partial charge in [-0.2, -0.15) is 0 Å². The molecule has 1 fully saturated rings. The predicted octanol–water partition coefficient (Wildman–Crippen LogP) is 4.31. The molecule has 142 valence electrons. The first-order chi connectivity index (χ1) is 11.6. The highest BCUT2D eigenvalue weighted by Gasteiger charge is 2.16. The summed E-state index contributed by atoms with van der Waals surface area (Å²) >= 11 is 0. The Kier molecular flexibility index (Phi) is 8.07. The molecule has 5 heteroatoms. The van der Waals surface area contributed by atoms with Crippen molar-refractivity contribution < 1.29 is 14.3 Å². The number of benzene rings is 1. The molecule has 0 aromatic heterocycles. The zero-order valence-corrected chi connectivity index (χ0v) is 16.6. The van der Waals surface area contributed by atoms with Gasteiger partial charge in [-0.25, -0.2) is 0 Å². The molecule has 2 rings (SSSR count). The lowest BCUT2D eigenvalue weighted by molar-refractivity contribution is -0.138. The van der Waals surface area contributed by atoms with Crippen LogP contribution in [0.4, 0.5) is 11.4 Å². The molecule has 0 spiro atoms. The maximum Gasteiger partial charge on any atom is 0.293 e. The summed E-state index contributed by atoms with van der Waals surface area (Å²) in [5.41, 5.74) is 8.96. The van der Waals surface area contributed by atoms with E-state index in [2.05, 4.69) is 22.6 Å². The molecule has 0 unspecified atom stereocenters. The van der Waals surface area contributed by atoms with E-state index < -0.39 is 0 Å². The van der Waals surface area contributed by atoms with Crippen LogP contribution in [0.3, 0.4) is 0 Å². The van der Waals surface area contributed by atoms with Crippen LogP contribution in [-0.2, 0) is 9.53 Å². The zero-order valence-electron chi connectivity index (χ0n) is 16.6. The number of hydrogen-bond acceptors (Lipinski definition) is 5. The van der Waals surface area contributed by atoms with Crippen LogP contribution in [0.1, 0.15) is 59.4 Å². The normalized spacial score (nSPS) is 14.6. The standard InChI is InChI=1S/C15H24N2O.C5H10O2/c1-11(2)18-15-10-14(12(3)9-13(15)16)17-7-5-4-6-8-17;1-5(2,3)7-4-6/h9-11H,4-8,16H2,1-3H3;4H,1-3H3. The largest absolute Gasteiger partial charge is 0.489 e. The molecule has 0 saturated carbocycles. The van der Waals surface area contributed by atoms with E-state index in [9.17, 15) is 4.79 Å². The summed E-state index contributed by atoms with van der Waals surface area (Å²) in [6.07, 6.45) is 4.07. The number of hydrogen-bond donors (Lipinski definition) is 1. The molecule has 2 N–H and O–H groups in total. The molecular weight excluding hydrogens is 316 g/mol. The minimum absolute atomic E-state index is 0.157. The molecule has 0 bridgehead atoms. The van der Waals surface area contributed by atoms with Gasteiger partial charge in [-0.3, -0.25) is 4.79 Å². The van der Waals surface area contributed by atoms with Gasteiger partial charge in [-0.1, -0.05) is 0 Å². The Hall–Kier alpha value is -1.91. The van der Waals surface area contributed by atoms with Gasteiger partial charge in [0.25, 0.3) is 6.47 Å². The number of carbonyl (C=O) groups excluding carboxylic acids is 1. The van der Waals surface area contributed by atoms with E-state index >= 15 is 0 Å². The maximum absolute atomic E-state index is 9.60.